The Morgan fingerprint density at radius 3 is 2.58 bits per heavy atom. The highest BCUT2D eigenvalue weighted by atomic mass is 35.5. The van der Waals surface area contributed by atoms with Gasteiger partial charge in [0.05, 0.1) is 5.56 Å². The molecule has 0 saturated heterocycles. The van der Waals surface area contributed by atoms with Gasteiger partial charge >= 0.3 is 5.63 Å². The summed E-state index contributed by atoms with van der Waals surface area (Å²) in [4.78, 5) is 12.1. The molecule has 0 aliphatic heterocycles. The summed E-state index contributed by atoms with van der Waals surface area (Å²) in [5, 5.41) is 1.43. The number of benzene rings is 2. The Morgan fingerprint density at radius 2 is 1.79 bits per heavy atom. The van der Waals surface area contributed by atoms with Gasteiger partial charge in [-0.1, -0.05) is 41.9 Å². The molecule has 0 N–H and O–H groups in total. The van der Waals surface area contributed by atoms with E-state index >= 15 is 0 Å². The first kappa shape index (κ1) is 12.0. The van der Waals surface area contributed by atoms with E-state index in [1.807, 2.05) is 49.4 Å². The summed E-state index contributed by atoms with van der Waals surface area (Å²) in [6.45, 7) is 1.96. The van der Waals surface area contributed by atoms with Gasteiger partial charge in [-0.15, -0.1) is 0 Å². The van der Waals surface area contributed by atoms with Crippen molar-refractivity contribution >= 4 is 22.6 Å². The molecule has 0 spiro atoms. The van der Waals surface area contributed by atoms with Gasteiger partial charge in [-0.05, 0) is 30.7 Å². The summed E-state index contributed by atoms with van der Waals surface area (Å²) in [6, 6.07) is 14.9. The lowest BCUT2D eigenvalue weighted by Crippen LogP contribution is -2.03. The van der Waals surface area contributed by atoms with E-state index in [1.165, 1.54) is 0 Å². The first-order valence-corrected chi connectivity index (χ1v) is 6.32. The minimum absolute atomic E-state index is 0.369. The van der Waals surface area contributed by atoms with E-state index in [0.29, 0.717) is 21.7 Å². The molecule has 0 saturated carbocycles. The lowest BCUT2D eigenvalue weighted by molar-refractivity contribution is 0.563. The van der Waals surface area contributed by atoms with Crippen LogP contribution < -0.4 is 5.63 Å². The average Bonchev–Trinajstić information content (AvgIpc) is 2.39. The summed E-state index contributed by atoms with van der Waals surface area (Å²) < 4.78 is 5.37. The highest BCUT2D eigenvalue weighted by Gasteiger charge is 2.10. The number of hydrogen-bond acceptors (Lipinski definition) is 2. The van der Waals surface area contributed by atoms with Gasteiger partial charge in [-0.2, -0.15) is 0 Å². The van der Waals surface area contributed by atoms with Gasteiger partial charge in [-0.3, -0.25) is 0 Å². The molecule has 0 aliphatic carbocycles. The highest BCUT2D eigenvalue weighted by Crippen LogP contribution is 2.27. The van der Waals surface area contributed by atoms with Gasteiger partial charge in [0.1, 0.15) is 5.58 Å². The van der Waals surface area contributed by atoms with E-state index in [2.05, 4.69) is 0 Å². The number of hydrogen-bond donors (Lipinski definition) is 0. The molecule has 2 aromatic carbocycles. The summed E-state index contributed by atoms with van der Waals surface area (Å²) in [5.74, 6) is 0. The Labute approximate surface area is 115 Å². The van der Waals surface area contributed by atoms with E-state index in [4.69, 9.17) is 16.0 Å². The molecule has 19 heavy (non-hydrogen) atoms. The van der Waals surface area contributed by atoms with Crippen LogP contribution in [0.5, 0.6) is 0 Å². The summed E-state index contributed by atoms with van der Waals surface area (Å²) >= 11 is 6.13. The molecule has 3 heteroatoms. The lowest BCUT2D eigenvalue weighted by Gasteiger charge is -2.04. The van der Waals surface area contributed by atoms with Crippen molar-refractivity contribution in [2.24, 2.45) is 0 Å². The van der Waals surface area contributed by atoms with E-state index in [1.54, 1.807) is 6.07 Å². The summed E-state index contributed by atoms with van der Waals surface area (Å²) in [6.07, 6.45) is 0. The van der Waals surface area contributed by atoms with Gasteiger partial charge < -0.3 is 4.42 Å². The predicted octanol–water partition coefficient (Wildman–Crippen LogP) is 4.42. The van der Waals surface area contributed by atoms with Crippen LogP contribution in [0.1, 0.15) is 5.56 Å². The first-order chi connectivity index (χ1) is 9.15. The predicted molar refractivity (Wildman–Crippen MR) is 77.7 cm³/mol. The highest BCUT2D eigenvalue weighted by molar-refractivity contribution is 6.33. The standard InChI is InChI=1S/C16H11ClO2/c1-10-6-7-11-9-13(16(18)19-15(11)8-10)12-4-2-3-5-14(12)17/h2-9H,1H3. The molecule has 0 unspecified atom stereocenters. The monoisotopic (exact) mass is 270 g/mol. The maximum atomic E-state index is 12.1. The second-order valence-corrected chi connectivity index (χ2v) is 4.88. The van der Waals surface area contributed by atoms with Crippen LogP contribution in [-0.4, -0.2) is 0 Å². The Kier molecular flexibility index (Phi) is 2.88. The minimum atomic E-state index is -0.369. The topological polar surface area (TPSA) is 30.2 Å². The van der Waals surface area contributed by atoms with E-state index in [-0.39, 0.29) is 5.63 Å². The summed E-state index contributed by atoms with van der Waals surface area (Å²) in [7, 11) is 0. The number of aryl methyl sites for hydroxylation is 1. The fourth-order valence-corrected chi connectivity index (χ4v) is 2.32. The molecule has 0 bridgehead atoms. The zero-order valence-corrected chi connectivity index (χ0v) is 11.1. The number of fused-ring (bicyclic) bond motifs is 1. The largest absolute Gasteiger partial charge is 0.422 e. The van der Waals surface area contributed by atoms with Crippen LogP contribution in [0, 0.1) is 6.92 Å². The van der Waals surface area contributed by atoms with Gasteiger partial charge in [0, 0.05) is 16.0 Å². The van der Waals surface area contributed by atoms with Crippen molar-refractivity contribution in [2.75, 3.05) is 0 Å². The van der Waals surface area contributed by atoms with Crippen LogP contribution >= 0.6 is 11.6 Å². The van der Waals surface area contributed by atoms with Crippen molar-refractivity contribution in [1.82, 2.24) is 0 Å². The Morgan fingerprint density at radius 1 is 1.00 bits per heavy atom. The zero-order valence-electron chi connectivity index (χ0n) is 10.3. The molecule has 3 aromatic rings. The average molecular weight is 271 g/mol. The molecule has 1 heterocycles. The van der Waals surface area contributed by atoms with Crippen molar-refractivity contribution in [3.8, 4) is 11.1 Å². The van der Waals surface area contributed by atoms with Crippen molar-refractivity contribution in [3.05, 3.63) is 69.5 Å². The molecule has 0 radical (unpaired) electrons. The summed E-state index contributed by atoms with van der Waals surface area (Å²) in [5.41, 5.74) is 2.47. The minimum Gasteiger partial charge on any atom is -0.422 e. The van der Waals surface area contributed by atoms with Crippen molar-refractivity contribution in [3.63, 3.8) is 0 Å². The van der Waals surface area contributed by atoms with Crippen LogP contribution in [0.25, 0.3) is 22.1 Å². The number of rotatable bonds is 1. The van der Waals surface area contributed by atoms with Crippen LogP contribution in [0.15, 0.2) is 57.7 Å². The second kappa shape index (κ2) is 4.56. The fourth-order valence-electron chi connectivity index (χ4n) is 2.09. The van der Waals surface area contributed by atoms with Crippen LogP contribution in [-0.2, 0) is 0 Å². The van der Waals surface area contributed by atoms with E-state index in [9.17, 15) is 4.79 Å². The molecular formula is C16H11ClO2. The van der Waals surface area contributed by atoms with Gasteiger partial charge in [0.2, 0.25) is 0 Å². The van der Waals surface area contributed by atoms with Gasteiger partial charge in [0.15, 0.2) is 0 Å². The van der Waals surface area contributed by atoms with Gasteiger partial charge in [0.25, 0.3) is 0 Å². The third kappa shape index (κ3) is 2.15. The second-order valence-electron chi connectivity index (χ2n) is 4.47. The molecule has 0 aliphatic rings. The van der Waals surface area contributed by atoms with Crippen molar-refractivity contribution < 1.29 is 4.42 Å². The fraction of sp³-hybridized carbons (Fsp3) is 0.0625. The van der Waals surface area contributed by atoms with Crippen LogP contribution in [0.4, 0.5) is 0 Å². The molecule has 3 rings (SSSR count). The third-order valence-electron chi connectivity index (χ3n) is 3.06. The molecule has 0 fully saturated rings. The molecule has 1 aromatic heterocycles. The molecule has 2 nitrogen and oxygen atoms in total. The SMILES string of the molecule is Cc1ccc2cc(-c3ccccc3Cl)c(=O)oc2c1. The lowest BCUT2D eigenvalue weighted by atomic mass is 10.1. The third-order valence-corrected chi connectivity index (χ3v) is 3.39. The smallest absolute Gasteiger partial charge is 0.344 e. The van der Waals surface area contributed by atoms with Crippen molar-refractivity contribution in [1.29, 1.82) is 0 Å². The zero-order chi connectivity index (χ0) is 13.4. The van der Waals surface area contributed by atoms with Crippen molar-refractivity contribution in [2.45, 2.75) is 6.92 Å². The quantitative estimate of drug-likeness (QED) is 0.613. The number of halogens is 1. The Hall–Kier alpha value is -2.06. The Bertz CT molecular complexity index is 818. The van der Waals surface area contributed by atoms with Gasteiger partial charge in [-0.25, -0.2) is 4.79 Å². The van der Waals surface area contributed by atoms with Crippen LogP contribution in [0.3, 0.4) is 0 Å². The Balaban J connectivity index is 2.31. The first-order valence-electron chi connectivity index (χ1n) is 5.94. The maximum absolute atomic E-state index is 12.1. The van der Waals surface area contributed by atoms with E-state index < -0.39 is 0 Å². The molecule has 0 amide bonds. The van der Waals surface area contributed by atoms with E-state index in [0.717, 1.165) is 10.9 Å². The van der Waals surface area contributed by atoms with Crippen LogP contribution in [0.2, 0.25) is 5.02 Å². The normalized spacial score (nSPS) is 10.8. The maximum Gasteiger partial charge on any atom is 0.344 e. The molecule has 0 atom stereocenters. The molecular weight excluding hydrogens is 260 g/mol. The molecule has 94 valence electrons.